The van der Waals surface area contributed by atoms with Gasteiger partial charge in [-0.05, 0) is 38.3 Å². The zero-order valence-electron chi connectivity index (χ0n) is 13.5. The molecule has 0 spiro atoms. The number of benzene rings is 1. The summed E-state index contributed by atoms with van der Waals surface area (Å²) in [7, 11) is 0. The fraction of sp³-hybridized carbons (Fsp3) is 0.529. The van der Waals surface area contributed by atoms with Crippen LogP contribution in [-0.2, 0) is 9.59 Å². The SMILES string of the molecule is CCC(C)NC(=O)C1(C(=O)Nc2ccc3c(c2)OCCO3)CC1. The second kappa shape index (κ2) is 6.10. The van der Waals surface area contributed by atoms with E-state index in [4.69, 9.17) is 9.47 Å². The second-order valence-corrected chi connectivity index (χ2v) is 6.18. The Morgan fingerprint density at radius 1 is 1.17 bits per heavy atom. The van der Waals surface area contributed by atoms with Crippen molar-refractivity contribution >= 4 is 17.5 Å². The number of fused-ring (bicyclic) bond motifs is 1. The summed E-state index contributed by atoms with van der Waals surface area (Å²) >= 11 is 0. The predicted octanol–water partition coefficient (Wildman–Crippen LogP) is 2.09. The van der Waals surface area contributed by atoms with Crippen LogP contribution in [0.3, 0.4) is 0 Å². The molecule has 2 amide bonds. The van der Waals surface area contributed by atoms with Crippen LogP contribution in [0.15, 0.2) is 18.2 Å². The van der Waals surface area contributed by atoms with Crippen LogP contribution in [0.25, 0.3) is 0 Å². The largest absolute Gasteiger partial charge is 0.486 e. The molecule has 1 saturated carbocycles. The molecule has 6 heteroatoms. The van der Waals surface area contributed by atoms with Crippen LogP contribution in [0.5, 0.6) is 11.5 Å². The van der Waals surface area contributed by atoms with Gasteiger partial charge in [0.2, 0.25) is 11.8 Å². The van der Waals surface area contributed by atoms with Crippen molar-refractivity contribution in [3.8, 4) is 11.5 Å². The number of amides is 2. The maximum atomic E-state index is 12.5. The molecule has 6 nitrogen and oxygen atoms in total. The third kappa shape index (κ3) is 3.11. The quantitative estimate of drug-likeness (QED) is 0.815. The van der Waals surface area contributed by atoms with Crippen molar-refractivity contribution < 1.29 is 19.1 Å². The fourth-order valence-electron chi connectivity index (χ4n) is 2.52. The van der Waals surface area contributed by atoms with Gasteiger partial charge in [-0.25, -0.2) is 0 Å². The Labute approximate surface area is 135 Å². The van der Waals surface area contributed by atoms with Gasteiger partial charge in [0.1, 0.15) is 18.6 Å². The molecule has 3 rings (SSSR count). The van der Waals surface area contributed by atoms with Gasteiger partial charge in [0, 0.05) is 17.8 Å². The van der Waals surface area contributed by atoms with E-state index >= 15 is 0 Å². The number of hydrogen-bond acceptors (Lipinski definition) is 4. The first kappa shape index (κ1) is 15.6. The number of carbonyl (C=O) groups is 2. The molecule has 1 aromatic rings. The van der Waals surface area contributed by atoms with Crippen LogP contribution >= 0.6 is 0 Å². The number of ether oxygens (including phenoxy) is 2. The van der Waals surface area contributed by atoms with E-state index in [1.54, 1.807) is 18.2 Å². The van der Waals surface area contributed by atoms with Gasteiger partial charge in [-0.1, -0.05) is 6.92 Å². The Balaban J connectivity index is 1.68. The lowest BCUT2D eigenvalue weighted by Crippen LogP contribution is -2.43. The monoisotopic (exact) mass is 318 g/mol. The van der Waals surface area contributed by atoms with Gasteiger partial charge in [0.05, 0.1) is 0 Å². The summed E-state index contributed by atoms with van der Waals surface area (Å²) in [5, 5.41) is 5.74. The smallest absolute Gasteiger partial charge is 0.240 e. The molecule has 0 bridgehead atoms. The van der Waals surface area contributed by atoms with Crippen LogP contribution in [-0.4, -0.2) is 31.1 Å². The van der Waals surface area contributed by atoms with Crippen molar-refractivity contribution in [2.75, 3.05) is 18.5 Å². The van der Waals surface area contributed by atoms with Gasteiger partial charge in [0.15, 0.2) is 11.5 Å². The molecule has 1 aromatic carbocycles. The Kier molecular flexibility index (Phi) is 4.15. The van der Waals surface area contributed by atoms with E-state index in [1.807, 2.05) is 13.8 Å². The molecule has 0 radical (unpaired) electrons. The summed E-state index contributed by atoms with van der Waals surface area (Å²) in [5.74, 6) is 0.852. The molecule has 1 fully saturated rings. The number of hydrogen-bond donors (Lipinski definition) is 2. The molecule has 0 aromatic heterocycles. The van der Waals surface area contributed by atoms with Crippen LogP contribution in [0.2, 0.25) is 0 Å². The number of nitrogens with one attached hydrogen (secondary N) is 2. The molecule has 2 aliphatic rings. The summed E-state index contributed by atoms with van der Waals surface area (Å²) in [6.45, 7) is 4.95. The zero-order chi connectivity index (χ0) is 16.4. The van der Waals surface area contributed by atoms with Crippen LogP contribution < -0.4 is 20.1 Å². The van der Waals surface area contributed by atoms with E-state index in [-0.39, 0.29) is 17.9 Å². The average Bonchev–Trinajstić information content (AvgIpc) is 3.36. The number of carbonyl (C=O) groups excluding carboxylic acids is 2. The summed E-state index contributed by atoms with van der Waals surface area (Å²) < 4.78 is 11.0. The highest BCUT2D eigenvalue weighted by molar-refractivity contribution is 6.13. The van der Waals surface area contributed by atoms with Crippen molar-refractivity contribution in [2.45, 2.75) is 39.2 Å². The zero-order valence-corrected chi connectivity index (χ0v) is 13.5. The number of rotatable bonds is 5. The molecule has 0 saturated heterocycles. The minimum Gasteiger partial charge on any atom is -0.486 e. The molecule has 1 aliphatic carbocycles. The molecule has 2 N–H and O–H groups in total. The maximum absolute atomic E-state index is 12.5. The van der Waals surface area contributed by atoms with E-state index in [2.05, 4.69) is 10.6 Å². The molecule has 124 valence electrons. The van der Waals surface area contributed by atoms with E-state index < -0.39 is 5.41 Å². The highest BCUT2D eigenvalue weighted by atomic mass is 16.6. The van der Waals surface area contributed by atoms with Crippen molar-refractivity contribution in [3.63, 3.8) is 0 Å². The summed E-state index contributed by atoms with van der Waals surface area (Å²) in [6.07, 6.45) is 2.02. The van der Waals surface area contributed by atoms with E-state index in [0.29, 0.717) is 43.2 Å². The lowest BCUT2D eigenvalue weighted by atomic mass is 10.0. The van der Waals surface area contributed by atoms with Gasteiger partial charge in [-0.3, -0.25) is 9.59 Å². The topological polar surface area (TPSA) is 76.7 Å². The average molecular weight is 318 g/mol. The predicted molar refractivity (Wildman–Crippen MR) is 85.6 cm³/mol. The summed E-state index contributed by atoms with van der Waals surface area (Å²) in [6, 6.07) is 5.33. The Morgan fingerprint density at radius 3 is 2.52 bits per heavy atom. The third-order valence-corrected chi connectivity index (χ3v) is 4.41. The van der Waals surface area contributed by atoms with E-state index in [9.17, 15) is 9.59 Å². The highest BCUT2D eigenvalue weighted by Crippen LogP contribution is 2.47. The standard InChI is InChI=1S/C17H22N2O4/c1-3-11(2)18-15(20)17(6-7-17)16(21)19-12-4-5-13-14(10-12)23-9-8-22-13/h4-5,10-11H,3,6-9H2,1-2H3,(H,18,20)(H,19,21). The lowest BCUT2D eigenvalue weighted by molar-refractivity contribution is -0.134. The normalized spacial score (nSPS) is 18.7. The molecule has 1 unspecified atom stereocenters. The van der Waals surface area contributed by atoms with Crippen LogP contribution in [0.4, 0.5) is 5.69 Å². The maximum Gasteiger partial charge on any atom is 0.240 e. The number of anilines is 1. The van der Waals surface area contributed by atoms with E-state index in [1.165, 1.54) is 0 Å². The fourth-order valence-corrected chi connectivity index (χ4v) is 2.52. The van der Waals surface area contributed by atoms with Crippen LogP contribution in [0.1, 0.15) is 33.1 Å². The molecular formula is C17H22N2O4. The van der Waals surface area contributed by atoms with Gasteiger partial charge in [-0.2, -0.15) is 0 Å². The minimum absolute atomic E-state index is 0.0714. The first-order chi connectivity index (χ1) is 11.0. The first-order valence-electron chi connectivity index (χ1n) is 8.07. The molecule has 1 heterocycles. The van der Waals surface area contributed by atoms with E-state index in [0.717, 1.165) is 6.42 Å². The highest BCUT2D eigenvalue weighted by Gasteiger charge is 2.56. The van der Waals surface area contributed by atoms with Gasteiger partial charge >= 0.3 is 0 Å². The molecule has 1 atom stereocenters. The van der Waals surface area contributed by atoms with Crippen molar-refractivity contribution in [3.05, 3.63) is 18.2 Å². The Hall–Kier alpha value is -2.24. The molecular weight excluding hydrogens is 296 g/mol. The third-order valence-electron chi connectivity index (χ3n) is 4.41. The van der Waals surface area contributed by atoms with Gasteiger partial charge < -0.3 is 20.1 Å². The summed E-state index contributed by atoms with van der Waals surface area (Å²) in [5.41, 5.74) is -0.307. The van der Waals surface area contributed by atoms with Crippen molar-refractivity contribution in [1.82, 2.24) is 5.32 Å². The summed E-state index contributed by atoms with van der Waals surface area (Å²) in [4.78, 5) is 24.9. The van der Waals surface area contributed by atoms with Crippen molar-refractivity contribution in [2.24, 2.45) is 5.41 Å². The molecule has 23 heavy (non-hydrogen) atoms. The van der Waals surface area contributed by atoms with Crippen LogP contribution in [0, 0.1) is 5.41 Å². The van der Waals surface area contributed by atoms with Gasteiger partial charge in [0.25, 0.3) is 0 Å². The minimum atomic E-state index is -0.920. The lowest BCUT2D eigenvalue weighted by Gasteiger charge is -2.20. The Morgan fingerprint density at radius 2 is 1.87 bits per heavy atom. The molecule has 1 aliphatic heterocycles. The van der Waals surface area contributed by atoms with Gasteiger partial charge in [-0.15, -0.1) is 0 Å². The Bertz CT molecular complexity index is 625. The van der Waals surface area contributed by atoms with Crippen molar-refractivity contribution in [1.29, 1.82) is 0 Å². The first-order valence-corrected chi connectivity index (χ1v) is 8.07. The second-order valence-electron chi connectivity index (χ2n) is 6.18.